The van der Waals surface area contributed by atoms with Crippen molar-refractivity contribution >= 4 is 11.1 Å². The van der Waals surface area contributed by atoms with Gasteiger partial charge in [0.15, 0.2) is 0 Å². The van der Waals surface area contributed by atoms with Crippen LogP contribution in [0.5, 0.6) is 0 Å². The minimum Gasteiger partial charge on any atom is -0.256 e. The first-order valence-corrected chi connectivity index (χ1v) is 7.41. The molecule has 0 aliphatic carbocycles. The Hall–Kier alpha value is -2.88. The number of halogens is 3. The van der Waals surface area contributed by atoms with Crippen LogP contribution in [0.4, 0.5) is 13.2 Å². The van der Waals surface area contributed by atoms with Gasteiger partial charge in [0.2, 0.25) is 0 Å². The molecular formula is C20H14F3N. The van der Waals surface area contributed by atoms with Crippen LogP contribution in [0.3, 0.4) is 0 Å². The first-order chi connectivity index (χ1) is 11.6. The predicted molar refractivity (Wildman–Crippen MR) is 89.1 cm³/mol. The van der Waals surface area contributed by atoms with Crippen molar-refractivity contribution in [3.63, 3.8) is 0 Å². The van der Waals surface area contributed by atoms with Gasteiger partial charge in [0.05, 0.1) is 11.3 Å². The topological polar surface area (TPSA) is 12.9 Å². The lowest BCUT2D eigenvalue weighted by atomic mass is 9.91. The van der Waals surface area contributed by atoms with Crippen LogP contribution in [-0.4, -0.2) is 11.2 Å². The smallest absolute Gasteiger partial charge is 0.256 e. The molecular weight excluding hydrogens is 311 g/mol. The number of aromatic nitrogens is 1. The lowest BCUT2D eigenvalue weighted by molar-refractivity contribution is -0.0685. The van der Waals surface area contributed by atoms with Crippen molar-refractivity contribution in [3.05, 3.63) is 102 Å². The molecule has 0 radical (unpaired) electrons. The van der Waals surface area contributed by atoms with Crippen molar-refractivity contribution in [1.82, 2.24) is 4.98 Å². The highest BCUT2D eigenvalue weighted by atomic mass is 19.4. The standard InChI is InChI=1S/C20H14F3N/c21-20(22,23)19(16-11-5-2-6-12-16)18(15-9-3-1-4-10-15)17-13-7-8-14-24-17/h1-14H/b19-18-. The Bertz CT molecular complexity index is 782. The van der Waals surface area contributed by atoms with Crippen molar-refractivity contribution in [3.8, 4) is 0 Å². The van der Waals surface area contributed by atoms with Crippen molar-refractivity contribution in [2.75, 3.05) is 0 Å². The second kappa shape index (κ2) is 6.71. The summed E-state index contributed by atoms with van der Waals surface area (Å²) in [5.41, 5.74) is 0.282. The van der Waals surface area contributed by atoms with Gasteiger partial charge in [0.25, 0.3) is 0 Å². The molecule has 0 aliphatic heterocycles. The number of rotatable bonds is 3. The summed E-state index contributed by atoms with van der Waals surface area (Å²) in [5, 5.41) is 0. The zero-order chi connectivity index (χ0) is 17.0. The molecule has 0 atom stereocenters. The highest BCUT2D eigenvalue weighted by molar-refractivity contribution is 5.99. The fraction of sp³-hybridized carbons (Fsp3) is 0.0500. The molecule has 0 bridgehead atoms. The van der Waals surface area contributed by atoms with Crippen molar-refractivity contribution in [1.29, 1.82) is 0 Å². The van der Waals surface area contributed by atoms with Gasteiger partial charge in [-0.1, -0.05) is 66.7 Å². The number of pyridine rings is 1. The van der Waals surface area contributed by atoms with Gasteiger partial charge < -0.3 is 0 Å². The molecule has 0 amide bonds. The van der Waals surface area contributed by atoms with Crippen LogP contribution in [0, 0.1) is 0 Å². The predicted octanol–water partition coefficient (Wildman–Crippen LogP) is 5.60. The molecule has 0 unspecified atom stereocenters. The molecule has 1 aromatic heterocycles. The molecule has 0 spiro atoms. The minimum atomic E-state index is -4.51. The van der Waals surface area contributed by atoms with E-state index in [-0.39, 0.29) is 11.1 Å². The maximum atomic E-state index is 13.9. The number of hydrogen-bond acceptors (Lipinski definition) is 1. The van der Waals surface area contributed by atoms with E-state index >= 15 is 0 Å². The van der Waals surface area contributed by atoms with Crippen LogP contribution >= 0.6 is 0 Å². The SMILES string of the molecule is FC(F)(F)/C(=C(/c1ccccc1)c1ccccn1)c1ccccc1. The van der Waals surface area contributed by atoms with Crippen molar-refractivity contribution in [2.24, 2.45) is 0 Å². The number of hydrogen-bond donors (Lipinski definition) is 0. The highest BCUT2D eigenvalue weighted by Crippen LogP contribution is 2.41. The molecule has 0 aliphatic rings. The van der Waals surface area contributed by atoms with Crippen LogP contribution in [0.1, 0.15) is 16.8 Å². The monoisotopic (exact) mass is 325 g/mol. The Balaban J connectivity index is 2.37. The van der Waals surface area contributed by atoms with E-state index in [1.807, 2.05) is 0 Å². The Kier molecular flexibility index (Phi) is 4.47. The second-order valence-electron chi connectivity index (χ2n) is 5.19. The van der Waals surface area contributed by atoms with Gasteiger partial charge in [-0.05, 0) is 23.3 Å². The summed E-state index contributed by atoms with van der Waals surface area (Å²) in [6.07, 6.45) is -3.01. The second-order valence-corrected chi connectivity index (χ2v) is 5.19. The van der Waals surface area contributed by atoms with Crippen LogP contribution in [0.2, 0.25) is 0 Å². The first-order valence-electron chi connectivity index (χ1n) is 7.41. The summed E-state index contributed by atoms with van der Waals surface area (Å²) in [7, 11) is 0. The van der Waals surface area contributed by atoms with E-state index in [2.05, 4.69) is 4.98 Å². The van der Waals surface area contributed by atoms with E-state index in [4.69, 9.17) is 0 Å². The van der Waals surface area contributed by atoms with Gasteiger partial charge in [-0.2, -0.15) is 13.2 Å². The molecule has 4 heteroatoms. The van der Waals surface area contributed by atoms with E-state index in [1.54, 1.807) is 66.7 Å². The van der Waals surface area contributed by atoms with E-state index in [0.717, 1.165) is 0 Å². The molecule has 24 heavy (non-hydrogen) atoms. The Labute approximate surface area is 138 Å². The molecule has 0 saturated heterocycles. The molecule has 0 saturated carbocycles. The molecule has 1 heterocycles. The Morgan fingerprint density at radius 1 is 0.667 bits per heavy atom. The van der Waals surface area contributed by atoms with E-state index in [9.17, 15) is 13.2 Å². The number of allylic oxidation sites excluding steroid dienone is 1. The highest BCUT2D eigenvalue weighted by Gasteiger charge is 2.38. The van der Waals surface area contributed by atoms with Crippen molar-refractivity contribution in [2.45, 2.75) is 6.18 Å². The molecule has 1 nitrogen and oxygen atoms in total. The average Bonchev–Trinajstić information content (AvgIpc) is 2.61. The summed E-state index contributed by atoms with van der Waals surface area (Å²) in [4.78, 5) is 4.16. The van der Waals surface area contributed by atoms with Crippen LogP contribution < -0.4 is 0 Å². The van der Waals surface area contributed by atoms with Gasteiger partial charge >= 0.3 is 6.18 Å². The molecule has 2 aromatic carbocycles. The zero-order valence-corrected chi connectivity index (χ0v) is 12.7. The lowest BCUT2D eigenvalue weighted by Crippen LogP contribution is -2.14. The Morgan fingerprint density at radius 3 is 1.71 bits per heavy atom. The van der Waals surface area contributed by atoms with Gasteiger partial charge in [0.1, 0.15) is 0 Å². The van der Waals surface area contributed by atoms with E-state index in [0.29, 0.717) is 11.3 Å². The number of alkyl halides is 3. The summed E-state index contributed by atoms with van der Waals surface area (Å²) >= 11 is 0. The van der Waals surface area contributed by atoms with Gasteiger partial charge in [-0.15, -0.1) is 0 Å². The summed E-state index contributed by atoms with van der Waals surface area (Å²) < 4.78 is 41.8. The average molecular weight is 325 g/mol. The lowest BCUT2D eigenvalue weighted by Gasteiger charge is -2.18. The summed E-state index contributed by atoms with van der Waals surface area (Å²) in [6, 6.07) is 21.3. The maximum absolute atomic E-state index is 13.9. The van der Waals surface area contributed by atoms with Gasteiger partial charge in [0, 0.05) is 11.8 Å². The largest absolute Gasteiger partial charge is 0.417 e. The number of benzene rings is 2. The zero-order valence-electron chi connectivity index (χ0n) is 12.7. The van der Waals surface area contributed by atoms with Gasteiger partial charge in [-0.25, -0.2) is 0 Å². The molecule has 3 rings (SSSR count). The van der Waals surface area contributed by atoms with E-state index in [1.165, 1.54) is 18.3 Å². The fourth-order valence-electron chi connectivity index (χ4n) is 2.59. The van der Waals surface area contributed by atoms with E-state index < -0.39 is 11.7 Å². The molecule has 3 aromatic rings. The first kappa shape index (κ1) is 16.0. The third-order valence-electron chi connectivity index (χ3n) is 3.58. The minimum absolute atomic E-state index is 0.0786. The van der Waals surface area contributed by atoms with Crippen molar-refractivity contribution < 1.29 is 13.2 Å². The summed E-state index contributed by atoms with van der Waals surface area (Å²) in [5.74, 6) is 0. The normalized spacial score (nSPS) is 12.6. The maximum Gasteiger partial charge on any atom is 0.417 e. The molecule has 0 N–H and O–H groups in total. The summed E-state index contributed by atoms with van der Waals surface area (Å²) in [6.45, 7) is 0. The quantitative estimate of drug-likeness (QED) is 0.571. The Morgan fingerprint density at radius 2 is 1.21 bits per heavy atom. The van der Waals surface area contributed by atoms with Crippen LogP contribution in [0.25, 0.3) is 11.1 Å². The molecule has 0 fully saturated rings. The van der Waals surface area contributed by atoms with Crippen LogP contribution in [0.15, 0.2) is 85.1 Å². The fourth-order valence-corrected chi connectivity index (χ4v) is 2.59. The third kappa shape index (κ3) is 3.38. The third-order valence-corrected chi connectivity index (χ3v) is 3.58. The van der Waals surface area contributed by atoms with Crippen LogP contribution in [-0.2, 0) is 0 Å². The van der Waals surface area contributed by atoms with Gasteiger partial charge in [-0.3, -0.25) is 4.98 Å². The number of nitrogens with zero attached hydrogens (tertiary/aromatic N) is 1. The molecule has 120 valence electrons.